The molecular weight excluding hydrogens is 442 g/mol. The summed E-state index contributed by atoms with van der Waals surface area (Å²) in [5, 5.41) is 12.2. The molecule has 4 aromatic carbocycles. The molecule has 7 heteroatoms. The third-order valence-electron chi connectivity index (χ3n) is 5.58. The van der Waals surface area contributed by atoms with Crippen molar-refractivity contribution in [3.05, 3.63) is 101 Å². The lowest BCUT2D eigenvalue weighted by Gasteiger charge is -2.16. The molecule has 4 N–H and O–H groups in total. The van der Waals surface area contributed by atoms with Crippen LogP contribution < -0.4 is 11.1 Å². The number of amidine groups is 1. The van der Waals surface area contributed by atoms with Gasteiger partial charge in [0.25, 0.3) is 5.91 Å². The van der Waals surface area contributed by atoms with Crippen molar-refractivity contribution in [3.63, 3.8) is 0 Å². The fourth-order valence-electron chi connectivity index (χ4n) is 3.83. The number of carbonyl (C=O) groups excluding carboxylic acids is 2. The Balaban J connectivity index is 1.80. The first-order valence-corrected chi connectivity index (χ1v) is 10.9. The van der Waals surface area contributed by atoms with E-state index in [1.54, 1.807) is 36.4 Å². The smallest absolute Gasteiger partial charge is 0.340 e. The molecule has 0 saturated heterocycles. The zero-order chi connectivity index (χ0) is 24.9. The van der Waals surface area contributed by atoms with Crippen LogP contribution in [-0.4, -0.2) is 31.6 Å². The summed E-state index contributed by atoms with van der Waals surface area (Å²) in [6.07, 6.45) is 0. The minimum Gasteiger partial charge on any atom is -0.435 e. The zero-order valence-electron chi connectivity index (χ0n) is 19.4. The highest BCUT2D eigenvalue weighted by Crippen LogP contribution is 2.33. The third-order valence-corrected chi connectivity index (χ3v) is 5.58. The van der Waals surface area contributed by atoms with Crippen molar-refractivity contribution in [2.24, 2.45) is 5.73 Å². The number of nitrogen functional groups attached to an aromatic ring is 1. The summed E-state index contributed by atoms with van der Waals surface area (Å²) in [7, 11) is 1.44. The summed E-state index contributed by atoms with van der Waals surface area (Å²) in [5.41, 5.74) is 9.48. The summed E-state index contributed by atoms with van der Waals surface area (Å²) in [4.78, 5) is 26.3. The minimum atomic E-state index is -0.542. The zero-order valence-corrected chi connectivity index (χ0v) is 19.4. The molecule has 0 radical (unpaired) electrons. The Bertz CT molecular complexity index is 1430. The molecule has 0 aliphatic rings. The molecule has 0 saturated carbocycles. The van der Waals surface area contributed by atoms with Crippen molar-refractivity contribution in [1.29, 1.82) is 5.41 Å². The number of hydrogen-bond acceptors (Lipinski definition) is 5. The molecule has 0 aliphatic carbocycles. The van der Waals surface area contributed by atoms with Crippen LogP contribution in [0.5, 0.6) is 0 Å². The highest BCUT2D eigenvalue weighted by Gasteiger charge is 2.21. The second-order valence-electron chi connectivity index (χ2n) is 8.08. The van der Waals surface area contributed by atoms with Crippen LogP contribution in [-0.2, 0) is 9.47 Å². The van der Waals surface area contributed by atoms with Crippen molar-refractivity contribution in [3.8, 4) is 11.1 Å². The number of methoxy groups -OCH3 is 1. The quantitative estimate of drug-likeness (QED) is 0.151. The van der Waals surface area contributed by atoms with E-state index in [1.165, 1.54) is 7.11 Å². The highest BCUT2D eigenvalue weighted by molar-refractivity contribution is 6.12. The van der Waals surface area contributed by atoms with E-state index in [-0.39, 0.29) is 18.5 Å². The lowest BCUT2D eigenvalue weighted by molar-refractivity contribution is -0.0124. The van der Waals surface area contributed by atoms with Crippen LogP contribution in [0, 0.1) is 12.3 Å². The van der Waals surface area contributed by atoms with E-state index in [0.717, 1.165) is 16.3 Å². The van der Waals surface area contributed by atoms with Gasteiger partial charge in [-0.15, -0.1) is 0 Å². The normalized spacial score (nSPS) is 10.7. The predicted octanol–water partition coefficient (Wildman–Crippen LogP) is 5.11. The molecule has 176 valence electrons. The van der Waals surface area contributed by atoms with Gasteiger partial charge >= 0.3 is 5.97 Å². The maximum absolute atomic E-state index is 13.4. The summed E-state index contributed by atoms with van der Waals surface area (Å²) >= 11 is 0. The highest BCUT2D eigenvalue weighted by atomic mass is 16.7. The summed E-state index contributed by atoms with van der Waals surface area (Å²) in [6.45, 7) is 1.72. The molecule has 7 nitrogen and oxygen atoms in total. The number of fused-ring (bicyclic) bond motifs is 1. The molecule has 0 aromatic heterocycles. The van der Waals surface area contributed by atoms with Gasteiger partial charge in [-0.1, -0.05) is 42.0 Å². The van der Waals surface area contributed by atoms with Crippen LogP contribution in [0.3, 0.4) is 0 Å². The lowest BCUT2D eigenvalue weighted by Crippen LogP contribution is -2.15. The number of ether oxygens (including phenoxy) is 2. The molecule has 35 heavy (non-hydrogen) atoms. The first-order valence-electron chi connectivity index (χ1n) is 10.9. The average Bonchev–Trinajstić information content (AvgIpc) is 2.86. The van der Waals surface area contributed by atoms with Crippen molar-refractivity contribution in [2.45, 2.75) is 6.92 Å². The molecule has 1 amide bonds. The molecule has 0 heterocycles. The fraction of sp³-hybridized carbons (Fsp3) is 0.107. The Labute approximate surface area is 203 Å². The van der Waals surface area contributed by atoms with Crippen LogP contribution in [0.4, 0.5) is 5.69 Å². The van der Waals surface area contributed by atoms with Gasteiger partial charge in [-0.25, -0.2) is 4.79 Å². The number of rotatable bonds is 7. The maximum Gasteiger partial charge on any atom is 0.340 e. The molecule has 0 aliphatic heterocycles. The van der Waals surface area contributed by atoms with Gasteiger partial charge in [-0.3, -0.25) is 10.2 Å². The van der Waals surface area contributed by atoms with Crippen molar-refractivity contribution < 1.29 is 19.1 Å². The number of esters is 1. The van der Waals surface area contributed by atoms with E-state index in [2.05, 4.69) is 5.32 Å². The van der Waals surface area contributed by atoms with Crippen LogP contribution in [0.25, 0.3) is 21.9 Å². The van der Waals surface area contributed by atoms with Gasteiger partial charge in [0, 0.05) is 23.9 Å². The SMILES string of the molecule is COCOC(=O)c1cc2ccccc2cc1-c1ccc(C)cc1C(=O)Nc1ccc(C(=N)N)cc1. The molecule has 4 rings (SSSR count). The topological polar surface area (TPSA) is 114 Å². The molecule has 4 aromatic rings. The number of hydrogen-bond donors (Lipinski definition) is 3. The standard InChI is InChI=1S/C28H25N3O4/c1-17-7-12-22(24(13-17)27(32)31-21-10-8-18(9-11-21)26(29)30)23-14-19-5-3-4-6-20(19)15-25(23)28(33)35-16-34-2/h3-15H,16H2,1-2H3,(H3,29,30)(H,31,32). The van der Waals surface area contributed by atoms with Crippen molar-refractivity contribution in [2.75, 3.05) is 19.2 Å². The molecule has 0 atom stereocenters. The number of amides is 1. The Kier molecular flexibility index (Phi) is 6.89. The van der Waals surface area contributed by atoms with E-state index < -0.39 is 5.97 Å². The average molecular weight is 468 g/mol. The summed E-state index contributed by atoms with van der Waals surface area (Å²) in [5.74, 6) is -0.920. The van der Waals surface area contributed by atoms with Crippen LogP contribution in [0.15, 0.2) is 78.9 Å². The number of nitrogens with one attached hydrogen (secondary N) is 2. The number of benzene rings is 4. The first-order chi connectivity index (χ1) is 16.9. The Morgan fingerprint density at radius 1 is 0.886 bits per heavy atom. The van der Waals surface area contributed by atoms with Gasteiger partial charge in [0.15, 0.2) is 6.79 Å². The second kappa shape index (κ2) is 10.2. The third kappa shape index (κ3) is 5.20. The minimum absolute atomic E-state index is 0.0481. The van der Waals surface area contributed by atoms with Gasteiger partial charge in [-0.2, -0.15) is 0 Å². The number of anilines is 1. The summed E-state index contributed by atoms with van der Waals surface area (Å²) < 4.78 is 10.2. The van der Waals surface area contributed by atoms with Crippen LogP contribution in [0.1, 0.15) is 31.8 Å². The van der Waals surface area contributed by atoms with E-state index in [0.29, 0.717) is 33.5 Å². The van der Waals surface area contributed by atoms with Gasteiger partial charge < -0.3 is 20.5 Å². The van der Waals surface area contributed by atoms with Crippen LogP contribution in [0.2, 0.25) is 0 Å². The van der Waals surface area contributed by atoms with Crippen molar-refractivity contribution >= 4 is 34.2 Å². The van der Waals surface area contributed by atoms with Gasteiger partial charge in [-0.05, 0) is 71.3 Å². The molecule has 0 spiro atoms. The van der Waals surface area contributed by atoms with Crippen LogP contribution >= 0.6 is 0 Å². The molecule has 0 unspecified atom stereocenters. The first kappa shape index (κ1) is 23.7. The Morgan fingerprint density at radius 3 is 2.23 bits per heavy atom. The Morgan fingerprint density at radius 2 is 1.57 bits per heavy atom. The lowest BCUT2D eigenvalue weighted by atomic mass is 9.91. The van der Waals surface area contributed by atoms with E-state index in [1.807, 2.05) is 49.4 Å². The number of aryl methyl sites for hydroxylation is 1. The van der Waals surface area contributed by atoms with Gasteiger partial charge in [0.1, 0.15) is 5.84 Å². The van der Waals surface area contributed by atoms with Crippen molar-refractivity contribution in [1.82, 2.24) is 0 Å². The van der Waals surface area contributed by atoms with Gasteiger partial charge in [0.2, 0.25) is 0 Å². The monoisotopic (exact) mass is 467 g/mol. The fourth-order valence-corrected chi connectivity index (χ4v) is 3.83. The largest absolute Gasteiger partial charge is 0.435 e. The summed E-state index contributed by atoms with van der Waals surface area (Å²) in [6, 6.07) is 23.6. The maximum atomic E-state index is 13.4. The molecule has 0 fully saturated rings. The molecule has 0 bridgehead atoms. The van der Waals surface area contributed by atoms with E-state index in [4.69, 9.17) is 20.6 Å². The predicted molar refractivity (Wildman–Crippen MR) is 137 cm³/mol. The molecular formula is C28H25N3O4. The number of carbonyl (C=O) groups is 2. The Hall–Kier alpha value is -4.49. The van der Waals surface area contributed by atoms with E-state index >= 15 is 0 Å². The van der Waals surface area contributed by atoms with E-state index in [9.17, 15) is 9.59 Å². The number of nitrogens with two attached hydrogens (primary N) is 1. The second-order valence-corrected chi connectivity index (χ2v) is 8.08. The van der Waals surface area contributed by atoms with Gasteiger partial charge in [0.05, 0.1) is 5.56 Å².